The molecule has 1 amide bonds. The Morgan fingerprint density at radius 1 is 1.19 bits per heavy atom. The smallest absolute Gasteiger partial charge is 0.226 e. The van der Waals surface area contributed by atoms with Crippen molar-refractivity contribution in [3.63, 3.8) is 0 Å². The van der Waals surface area contributed by atoms with Gasteiger partial charge in [0.25, 0.3) is 0 Å². The number of benzene rings is 1. The summed E-state index contributed by atoms with van der Waals surface area (Å²) in [5.41, 5.74) is 0. The molecule has 0 radical (unpaired) electrons. The van der Waals surface area contributed by atoms with Crippen LogP contribution in [0.15, 0.2) is 30.3 Å². The molecule has 2 aliphatic rings. The monoisotopic (exact) mass is 310 g/mol. The largest absolute Gasteiger partial charge is 0.493 e. The molecule has 2 bridgehead atoms. The van der Waals surface area contributed by atoms with Gasteiger partial charge in [-0.2, -0.15) is 0 Å². The van der Waals surface area contributed by atoms with Gasteiger partial charge in [-0.1, -0.05) is 18.2 Å². The maximum absolute atomic E-state index is 12.2. The number of nitrogens with one attached hydrogen (secondary N) is 1. The first-order chi connectivity index (χ1) is 9.81. The van der Waals surface area contributed by atoms with Gasteiger partial charge in [-0.15, -0.1) is 12.4 Å². The molecule has 2 heterocycles. The van der Waals surface area contributed by atoms with Gasteiger partial charge in [-0.05, 0) is 31.4 Å². The summed E-state index contributed by atoms with van der Waals surface area (Å²) in [6, 6.07) is 10.8. The Labute approximate surface area is 132 Å². The van der Waals surface area contributed by atoms with E-state index in [0.29, 0.717) is 25.1 Å². The van der Waals surface area contributed by atoms with Gasteiger partial charge in [-0.3, -0.25) is 4.79 Å². The molecule has 2 fully saturated rings. The number of amides is 1. The number of rotatable bonds is 4. The third-order valence-corrected chi connectivity index (χ3v) is 4.20. The van der Waals surface area contributed by atoms with Crippen molar-refractivity contribution in [1.29, 1.82) is 0 Å². The molecule has 0 aromatic heterocycles. The van der Waals surface area contributed by atoms with Crippen LogP contribution in [0.4, 0.5) is 0 Å². The molecule has 4 nitrogen and oxygen atoms in total. The molecule has 1 aromatic rings. The molecule has 0 aliphatic carbocycles. The third kappa shape index (κ3) is 4.35. The topological polar surface area (TPSA) is 41.6 Å². The molecule has 2 atom stereocenters. The van der Waals surface area contributed by atoms with Gasteiger partial charge in [0.2, 0.25) is 5.91 Å². The van der Waals surface area contributed by atoms with E-state index >= 15 is 0 Å². The second-order valence-electron chi connectivity index (χ2n) is 5.68. The van der Waals surface area contributed by atoms with Crippen LogP contribution in [0.3, 0.4) is 0 Å². The molecule has 5 heteroatoms. The van der Waals surface area contributed by atoms with Crippen molar-refractivity contribution >= 4 is 18.3 Å². The van der Waals surface area contributed by atoms with Gasteiger partial charge >= 0.3 is 0 Å². The van der Waals surface area contributed by atoms with Crippen LogP contribution in [0.1, 0.15) is 25.7 Å². The minimum Gasteiger partial charge on any atom is -0.493 e. The lowest BCUT2D eigenvalue weighted by molar-refractivity contribution is -0.131. The van der Waals surface area contributed by atoms with Crippen LogP contribution in [0.5, 0.6) is 5.75 Å². The van der Waals surface area contributed by atoms with Gasteiger partial charge in [0.15, 0.2) is 0 Å². The van der Waals surface area contributed by atoms with Gasteiger partial charge < -0.3 is 15.0 Å². The Bertz CT molecular complexity index is 455. The van der Waals surface area contributed by atoms with Crippen molar-refractivity contribution < 1.29 is 9.53 Å². The van der Waals surface area contributed by atoms with Crippen LogP contribution in [0, 0.1) is 0 Å². The molecule has 0 saturated carbocycles. The Morgan fingerprint density at radius 2 is 1.95 bits per heavy atom. The van der Waals surface area contributed by atoms with Gasteiger partial charge in [0.1, 0.15) is 5.75 Å². The highest BCUT2D eigenvalue weighted by Gasteiger charge is 2.30. The van der Waals surface area contributed by atoms with E-state index in [9.17, 15) is 4.79 Å². The van der Waals surface area contributed by atoms with Crippen LogP contribution in [-0.2, 0) is 4.79 Å². The first-order valence-corrected chi connectivity index (χ1v) is 7.53. The minimum atomic E-state index is 0. The number of hydrogen-bond donors (Lipinski definition) is 1. The van der Waals surface area contributed by atoms with Crippen LogP contribution >= 0.6 is 12.4 Å². The number of carbonyl (C=O) groups is 1. The van der Waals surface area contributed by atoms with E-state index in [1.54, 1.807) is 0 Å². The summed E-state index contributed by atoms with van der Waals surface area (Å²) in [6.07, 6.45) is 4.02. The van der Waals surface area contributed by atoms with Crippen molar-refractivity contribution in [3.05, 3.63) is 30.3 Å². The fourth-order valence-corrected chi connectivity index (χ4v) is 3.10. The zero-order valence-electron chi connectivity index (χ0n) is 12.2. The second kappa shape index (κ2) is 7.66. The molecule has 2 unspecified atom stereocenters. The standard InChI is InChI=1S/C16H22N2O2.ClH/c19-16(9-11-20-15-4-2-1-3-5-15)18-10-8-13-6-7-14(12-18)17-13;/h1-5,13-14,17H,6-12H2;1H. The predicted octanol–water partition coefficient (Wildman–Crippen LogP) is 2.23. The van der Waals surface area contributed by atoms with Crippen molar-refractivity contribution in [2.75, 3.05) is 19.7 Å². The SMILES string of the molecule is Cl.O=C(CCOc1ccccc1)N1CCC2CCC(C1)N2. The summed E-state index contributed by atoms with van der Waals surface area (Å²) in [4.78, 5) is 14.2. The maximum Gasteiger partial charge on any atom is 0.226 e. The van der Waals surface area contributed by atoms with E-state index in [1.165, 1.54) is 12.8 Å². The summed E-state index contributed by atoms with van der Waals surface area (Å²) in [7, 11) is 0. The highest BCUT2D eigenvalue weighted by atomic mass is 35.5. The van der Waals surface area contributed by atoms with Gasteiger partial charge in [0.05, 0.1) is 13.0 Å². The van der Waals surface area contributed by atoms with E-state index in [0.717, 1.165) is 25.3 Å². The second-order valence-corrected chi connectivity index (χ2v) is 5.68. The Hall–Kier alpha value is -1.26. The van der Waals surface area contributed by atoms with Crippen molar-refractivity contribution in [2.45, 2.75) is 37.8 Å². The lowest BCUT2D eigenvalue weighted by Crippen LogP contribution is -2.39. The summed E-state index contributed by atoms with van der Waals surface area (Å²) in [5.74, 6) is 1.05. The van der Waals surface area contributed by atoms with Crippen molar-refractivity contribution in [1.82, 2.24) is 10.2 Å². The number of fused-ring (bicyclic) bond motifs is 2. The number of para-hydroxylation sites is 1. The average molecular weight is 311 g/mol. The molecule has 2 saturated heterocycles. The first kappa shape index (κ1) is 16.1. The summed E-state index contributed by atoms with van der Waals surface area (Å²) in [5, 5.41) is 3.59. The molecule has 0 spiro atoms. The highest BCUT2D eigenvalue weighted by molar-refractivity contribution is 5.85. The Morgan fingerprint density at radius 3 is 2.76 bits per heavy atom. The number of ether oxygens (including phenoxy) is 1. The summed E-state index contributed by atoms with van der Waals surface area (Å²) < 4.78 is 5.60. The van der Waals surface area contributed by atoms with E-state index in [2.05, 4.69) is 5.32 Å². The number of carbonyl (C=O) groups excluding carboxylic acids is 1. The van der Waals surface area contributed by atoms with Crippen LogP contribution in [-0.4, -0.2) is 42.6 Å². The summed E-state index contributed by atoms with van der Waals surface area (Å²) in [6.45, 7) is 2.21. The lowest BCUT2D eigenvalue weighted by Gasteiger charge is -2.24. The molecular weight excluding hydrogens is 288 g/mol. The zero-order valence-corrected chi connectivity index (χ0v) is 13.0. The molecular formula is C16H23ClN2O2. The third-order valence-electron chi connectivity index (χ3n) is 4.20. The fraction of sp³-hybridized carbons (Fsp3) is 0.562. The lowest BCUT2D eigenvalue weighted by atomic mass is 10.1. The number of likely N-dealkylation sites (tertiary alicyclic amines) is 1. The summed E-state index contributed by atoms with van der Waals surface area (Å²) >= 11 is 0. The predicted molar refractivity (Wildman–Crippen MR) is 84.9 cm³/mol. The van der Waals surface area contributed by atoms with Gasteiger partial charge in [0, 0.05) is 25.2 Å². The normalized spacial score (nSPS) is 24.1. The van der Waals surface area contributed by atoms with E-state index in [1.807, 2.05) is 35.2 Å². The molecule has 2 aliphatic heterocycles. The van der Waals surface area contributed by atoms with Gasteiger partial charge in [-0.25, -0.2) is 0 Å². The van der Waals surface area contributed by atoms with Crippen LogP contribution in [0.25, 0.3) is 0 Å². The quantitative estimate of drug-likeness (QED) is 0.927. The van der Waals surface area contributed by atoms with E-state index in [-0.39, 0.29) is 18.3 Å². The van der Waals surface area contributed by atoms with Crippen molar-refractivity contribution in [2.24, 2.45) is 0 Å². The molecule has 116 valence electrons. The molecule has 21 heavy (non-hydrogen) atoms. The Balaban J connectivity index is 0.00000161. The van der Waals surface area contributed by atoms with Crippen LogP contribution in [0.2, 0.25) is 0 Å². The minimum absolute atomic E-state index is 0. The maximum atomic E-state index is 12.2. The number of nitrogens with zero attached hydrogens (tertiary/aromatic N) is 1. The fourth-order valence-electron chi connectivity index (χ4n) is 3.10. The average Bonchev–Trinajstić information content (AvgIpc) is 2.79. The van der Waals surface area contributed by atoms with Crippen LogP contribution < -0.4 is 10.1 Å². The molecule has 1 N–H and O–H groups in total. The van der Waals surface area contributed by atoms with E-state index in [4.69, 9.17) is 4.74 Å². The van der Waals surface area contributed by atoms with Crippen molar-refractivity contribution in [3.8, 4) is 5.75 Å². The number of hydrogen-bond acceptors (Lipinski definition) is 3. The van der Waals surface area contributed by atoms with E-state index < -0.39 is 0 Å². The highest BCUT2D eigenvalue weighted by Crippen LogP contribution is 2.20. The first-order valence-electron chi connectivity index (χ1n) is 7.53. The molecule has 1 aromatic carbocycles. The molecule has 3 rings (SSSR count). The Kier molecular flexibility index (Phi) is 5.88. The zero-order chi connectivity index (χ0) is 13.8. The number of halogens is 1.